The van der Waals surface area contributed by atoms with Gasteiger partial charge in [-0.25, -0.2) is 0 Å². The van der Waals surface area contributed by atoms with Gasteiger partial charge in [0.25, 0.3) is 0 Å². The molecule has 40 heavy (non-hydrogen) atoms. The number of nitrogens with zero attached hydrogens (tertiary/aromatic N) is 2. The van der Waals surface area contributed by atoms with Crippen molar-refractivity contribution >= 4 is 11.9 Å². The van der Waals surface area contributed by atoms with E-state index in [1.807, 2.05) is 18.2 Å². The smallest absolute Gasteiger partial charge is 0.308 e. The van der Waals surface area contributed by atoms with Crippen molar-refractivity contribution in [3.05, 3.63) is 65.7 Å². The molecule has 0 bridgehead atoms. The summed E-state index contributed by atoms with van der Waals surface area (Å²) >= 11 is 0. The highest BCUT2D eigenvalue weighted by atomic mass is 16.5. The van der Waals surface area contributed by atoms with E-state index < -0.39 is 11.0 Å². The highest BCUT2D eigenvalue weighted by Crippen LogP contribution is 2.53. The van der Waals surface area contributed by atoms with Crippen LogP contribution >= 0.6 is 0 Å². The topological polar surface area (TPSA) is 70.1 Å². The van der Waals surface area contributed by atoms with Crippen molar-refractivity contribution in [2.24, 2.45) is 5.92 Å². The molecule has 0 unspecified atom stereocenters. The maximum absolute atomic E-state index is 13.7. The summed E-state index contributed by atoms with van der Waals surface area (Å²) in [5.74, 6) is 0.754. The molecular weight excluding hydrogens is 500 g/mol. The van der Waals surface area contributed by atoms with E-state index in [2.05, 4.69) is 61.0 Å². The number of ether oxygens (including phenoxy) is 1. The number of β-amino-alcohol motifs (C(OH)–C–C–N with tert-alkyl or cyclic N) is 1. The zero-order chi connectivity index (χ0) is 28.8. The van der Waals surface area contributed by atoms with Crippen molar-refractivity contribution in [1.29, 1.82) is 0 Å². The minimum absolute atomic E-state index is 0.0697. The maximum Gasteiger partial charge on any atom is 0.308 e. The molecule has 6 nitrogen and oxygen atoms in total. The van der Waals surface area contributed by atoms with Crippen LogP contribution in [-0.4, -0.2) is 65.1 Å². The Kier molecular flexibility index (Phi) is 10.1. The summed E-state index contributed by atoms with van der Waals surface area (Å²) < 4.78 is 5.44. The molecule has 1 saturated heterocycles. The minimum Gasteiger partial charge on any atom is -0.427 e. The average Bonchev–Trinajstić information content (AvgIpc) is 2.91. The lowest BCUT2D eigenvalue weighted by atomic mass is 9.55. The lowest BCUT2D eigenvalue weighted by Crippen LogP contribution is -2.67. The summed E-state index contributed by atoms with van der Waals surface area (Å²) in [6.07, 6.45) is 7.59. The molecule has 0 spiro atoms. The molecule has 3 atom stereocenters. The van der Waals surface area contributed by atoms with Gasteiger partial charge in [-0.05, 0) is 87.7 Å². The van der Waals surface area contributed by atoms with Crippen molar-refractivity contribution in [2.45, 2.75) is 95.6 Å². The molecule has 2 fully saturated rings. The first-order valence-corrected chi connectivity index (χ1v) is 15.2. The fraction of sp³-hybridized carbons (Fsp3) is 0.588. The van der Waals surface area contributed by atoms with Gasteiger partial charge in [-0.15, -0.1) is 0 Å². The number of esters is 1. The minimum atomic E-state index is -0.907. The number of benzene rings is 2. The summed E-state index contributed by atoms with van der Waals surface area (Å²) in [6.45, 7) is 7.95. The first kappa shape index (κ1) is 30.3. The first-order valence-electron chi connectivity index (χ1n) is 15.2. The van der Waals surface area contributed by atoms with Crippen molar-refractivity contribution in [3.63, 3.8) is 0 Å². The Morgan fingerprint density at radius 1 is 1.07 bits per heavy atom. The van der Waals surface area contributed by atoms with Gasteiger partial charge in [0.1, 0.15) is 5.75 Å². The van der Waals surface area contributed by atoms with Crippen LogP contribution in [0.4, 0.5) is 0 Å². The second-order valence-corrected chi connectivity index (χ2v) is 12.6. The van der Waals surface area contributed by atoms with E-state index >= 15 is 0 Å². The number of carbonyl (C=O) groups excluding carboxylic acids is 2. The average molecular weight is 549 g/mol. The van der Waals surface area contributed by atoms with Crippen LogP contribution in [0.1, 0.15) is 83.3 Å². The second kappa shape index (κ2) is 13.3. The molecule has 6 heteroatoms. The Morgan fingerprint density at radius 2 is 1.85 bits per heavy atom. The molecule has 0 aromatic heterocycles. The monoisotopic (exact) mass is 548 g/mol. The van der Waals surface area contributed by atoms with E-state index in [-0.39, 0.29) is 17.9 Å². The number of aliphatic hydroxyl groups is 1. The van der Waals surface area contributed by atoms with Crippen LogP contribution in [-0.2, 0) is 21.4 Å². The molecule has 1 amide bonds. The Labute approximate surface area is 240 Å². The van der Waals surface area contributed by atoms with Crippen molar-refractivity contribution in [2.75, 3.05) is 26.7 Å². The van der Waals surface area contributed by atoms with Crippen LogP contribution in [0, 0.1) is 5.92 Å². The summed E-state index contributed by atoms with van der Waals surface area (Å²) in [7, 11) is 2.07. The van der Waals surface area contributed by atoms with Gasteiger partial charge in [0.2, 0.25) is 5.91 Å². The molecule has 218 valence electrons. The standard InChI is InChI=1S/C34H48N2O4/c1-26(2)24-36(32(38)17-10-6-9-14-28-12-7-5-8-13-28)30-18-19-34(39)25-35(4)21-20-33(34,23-30)29-15-11-16-31(22-29)40-27(3)37/h5,7-8,11-13,15-16,22,26,30,39H,6,9-10,14,17-21,23-25H2,1-4H3/t30-,33-,34-/m0/s1. The van der Waals surface area contributed by atoms with Crippen molar-refractivity contribution < 1.29 is 19.4 Å². The summed E-state index contributed by atoms with van der Waals surface area (Å²) in [5.41, 5.74) is 0.939. The number of hydrogen-bond donors (Lipinski definition) is 1. The molecule has 1 heterocycles. The number of carbonyl (C=O) groups is 2. The van der Waals surface area contributed by atoms with Crippen molar-refractivity contribution in [1.82, 2.24) is 9.80 Å². The zero-order valence-electron chi connectivity index (χ0n) is 24.9. The molecule has 1 N–H and O–H groups in total. The molecule has 1 saturated carbocycles. The molecule has 1 aliphatic heterocycles. The van der Waals surface area contributed by atoms with Gasteiger partial charge in [-0.1, -0.05) is 62.7 Å². The predicted octanol–water partition coefficient (Wildman–Crippen LogP) is 5.76. The maximum atomic E-state index is 13.7. The Balaban J connectivity index is 1.51. The molecular formula is C34H48N2O4. The molecule has 2 aliphatic rings. The Hall–Kier alpha value is -2.70. The van der Waals surface area contributed by atoms with Gasteiger partial charge >= 0.3 is 5.97 Å². The van der Waals surface area contributed by atoms with Gasteiger partial charge in [0, 0.05) is 37.9 Å². The number of amides is 1. The Morgan fingerprint density at radius 3 is 2.58 bits per heavy atom. The number of rotatable bonds is 11. The van der Waals surface area contributed by atoms with E-state index in [1.165, 1.54) is 12.5 Å². The Bertz CT molecular complexity index is 1140. The third-order valence-corrected chi connectivity index (χ3v) is 8.99. The van der Waals surface area contributed by atoms with Crippen LogP contribution < -0.4 is 4.74 Å². The summed E-state index contributed by atoms with van der Waals surface area (Å²) in [6, 6.07) is 18.3. The molecule has 4 rings (SSSR count). The number of aryl methyl sites for hydroxylation is 1. The normalized spacial score (nSPS) is 24.9. The fourth-order valence-corrected chi connectivity index (χ4v) is 7.05. The largest absolute Gasteiger partial charge is 0.427 e. The van der Waals surface area contributed by atoms with E-state index in [9.17, 15) is 14.7 Å². The van der Waals surface area contributed by atoms with E-state index in [0.717, 1.165) is 57.2 Å². The highest BCUT2D eigenvalue weighted by Gasteiger charge is 2.58. The molecule has 1 aliphatic carbocycles. The van der Waals surface area contributed by atoms with Crippen LogP contribution in [0.5, 0.6) is 5.75 Å². The van der Waals surface area contributed by atoms with Crippen LogP contribution in [0.25, 0.3) is 0 Å². The number of hydrogen-bond acceptors (Lipinski definition) is 5. The van der Waals surface area contributed by atoms with Crippen LogP contribution in [0.15, 0.2) is 54.6 Å². The lowest BCUT2D eigenvalue weighted by molar-refractivity contribution is -0.149. The predicted molar refractivity (Wildman–Crippen MR) is 159 cm³/mol. The second-order valence-electron chi connectivity index (χ2n) is 12.6. The molecule has 0 radical (unpaired) electrons. The van der Waals surface area contributed by atoms with E-state index in [1.54, 1.807) is 6.07 Å². The first-order chi connectivity index (χ1) is 19.1. The summed E-state index contributed by atoms with van der Waals surface area (Å²) in [5, 5.41) is 12.2. The quantitative estimate of drug-likeness (QED) is 0.220. The highest BCUT2D eigenvalue weighted by molar-refractivity contribution is 5.76. The molecule has 2 aromatic rings. The third-order valence-electron chi connectivity index (χ3n) is 8.99. The SMILES string of the molecule is CC(=O)Oc1cccc([C@@]23CCN(C)C[C@@]2(O)CC[C@H](N(CC(C)C)C(=O)CCCCCc2ccccc2)C3)c1. The van der Waals surface area contributed by atoms with Crippen molar-refractivity contribution in [3.8, 4) is 5.75 Å². The van der Waals surface area contributed by atoms with Crippen LogP contribution in [0.3, 0.4) is 0 Å². The zero-order valence-corrected chi connectivity index (χ0v) is 24.9. The number of likely N-dealkylation sites (tertiary alicyclic amines) is 1. The van der Waals surface area contributed by atoms with Gasteiger partial charge in [0.05, 0.1) is 5.60 Å². The van der Waals surface area contributed by atoms with Gasteiger partial charge in [-0.3, -0.25) is 9.59 Å². The van der Waals surface area contributed by atoms with Crippen LogP contribution in [0.2, 0.25) is 0 Å². The number of unbranched alkanes of at least 4 members (excludes halogenated alkanes) is 2. The third kappa shape index (κ3) is 7.13. The van der Waals surface area contributed by atoms with Gasteiger partial charge < -0.3 is 19.6 Å². The summed E-state index contributed by atoms with van der Waals surface area (Å²) in [4.78, 5) is 29.7. The lowest BCUT2D eigenvalue weighted by Gasteiger charge is -2.59. The number of fused-ring (bicyclic) bond motifs is 1. The molecule has 2 aromatic carbocycles. The van der Waals surface area contributed by atoms with Gasteiger partial charge in [0.15, 0.2) is 0 Å². The van der Waals surface area contributed by atoms with E-state index in [0.29, 0.717) is 37.5 Å². The number of piperidine rings is 1. The van der Waals surface area contributed by atoms with Gasteiger partial charge in [-0.2, -0.15) is 0 Å². The fourth-order valence-electron chi connectivity index (χ4n) is 7.05. The van der Waals surface area contributed by atoms with E-state index in [4.69, 9.17) is 4.74 Å². The number of likely N-dealkylation sites (N-methyl/N-ethyl adjacent to an activating group) is 1.